The first kappa shape index (κ1) is 19.6. The molecule has 4 rings (SSSR count). The van der Waals surface area contributed by atoms with Gasteiger partial charge in [0, 0.05) is 34.2 Å². The van der Waals surface area contributed by atoms with Gasteiger partial charge in [-0.3, -0.25) is 10.1 Å². The molecule has 1 aromatic heterocycles. The van der Waals surface area contributed by atoms with Crippen LogP contribution < -0.4 is 5.32 Å². The molecule has 1 aliphatic heterocycles. The Balaban J connectivity index is 1.94. The van der Waals surface area contributed by atoms with Crippen LogP contribution in [0.4, 0.5) is 10.7 Å². The number of carbonyl (C=O) groups is 1. The number of thiophene rings is 1. The molecular formula is C22H24N2O4S. The second kappa shape index (κ2) is 7.63. The topological polar surface area (TPSA) is 92.5 Å². The Morgan fingerprint density at radius 2 is 1.93 bits per heavy atom. The normalized spacial score (nSPS) is 19.6. The molecule has 1 saturated carbocycles. The second-order valence-electron chi connectivity index (χ2n) is 7.90. The van der Waals surface area contributed by atoms with Crippen molar-refractivity contribution in [2.75, 3.05) is 5.32 Å². The van der Waals surface area contributed by atoms with E-state index in [0.717, 1.165) is 23.4 Å². The molecule has 2 aliphatic rings. The number of carboxylic acid groups (broad SMARTS) is 1. The van der Waals surface area contributed by atoms with Crippen LogP contribution in [0.3, 0.4) is 0 Å². The lowest BCUT2D eigenvalue weighted by Gasteiger charge is -2.31. The number of aliphatic carboxylic acids is 1. The number of hydrogen-bond donors (Lipinski definition) is 2. The predicted molar refractivity (Wildman–Crippen MR) is 114 cm³/mol. The van der Waals surface area contributed by atoms with Crippen molar-refractivity contribution >= 4 is 28.0 Å². The quantitative estimate of drug-likeness (QED) is 0.480. The summed E-state index contributed by atoms with van der Waals surface area (Å²) in [5, 5.41) is 25.7. The van der Waals surface area contributed by atoms with E-state index in [1.54, 1.807) is 30.4 Å². The summed E-state index contributed by atoms with van der Waals surface area (Å²) in [5.41, 5.74) is 3.76. The molecule has 1 aromatic carbocycles. The first-order valence-corrected chi connectivity index (χ1v) is 10.8. The Labute approximate surface area is 173 Å². The van der Waals surface area contributed by atoms with Crippen molar-refractivity contribution < 1.29 is 14.8 Å². The van der Waals surface area contributed by atoms with E-state index in [4.69, 9.17) is 0 Å². The van der Waals surface area contributed by atoms with E-state index in [-0.39, 0.29) is 11.3 Å². The molecule has 1 aliphatic carbocycles. The fourth-order valence-corrected chi connectivity index (χ4v) is 6.12. The highest BCUT2D eigenvalue weighted by Gasteiger charge is 2.38. The number of nitro benzene ring substituents is 1. The first-order valence-electron chi connectivity index (χ1n) is 9.97. The fourth-order valence-electron chi connectivity index (χ4n) is 4.89. The summed E-state index contributed by atoms with van der Waals surface area (Å²) in [6.45, 7) is 3.88. The van der Waals surface area contributed by atoms with E-state index in [1.165, 1.54) is 41.8 Å². The van der Waals surface area contributed by atoms with Gasteiger partial charge in [-0.1, -0.05) is 31.4 Å². The van der Waals surface area contributed by atoms with Gasteiger partial charge in [0.2, 0.25) is 0 Å². The lowest BCUT2D eigenvalue weighted by Crippen LogP contribution is -2.23. The number of fused-ring (bicyclic) bond motifs is 1. The molecule has 2 aromatic rings. The second-order valence-corrected chi connectivity index (χ2v) is 9.13. The molecule has 6 nitrogen and oxygen atoms in total. The van der Waals surface area contributed by atoms with Gasteiger partial charge in [0.1, 0.15) is 0 Å². The van der Waals surface area contributed by atoms with Crippen molar-refractivity contribution in [3.63, 3.8) is 0 Å². The minimum absolute atomic E-state index is 0.0175. The molecule has 0 radical (unpaired) electrons. The smallest absolute Gasteiger partial charge is 0.334 e. The SMILES string of the molecule is CC1=C(C(=O)O)C(c2cccc([N+](=O)[O-])c2)c2c(sc(C)c2C2CCCCC2)N1. The number of nitro groups is 1. The van der Waals surface area contributed by atoms with Crippen molar-refractivity contribution in [2.45, 2.75) is 57.8 Å². The van der Waals surface area contributed by atoms with Gasteiger partial charge in [0.15, 0.2) is 0 Å². The molecule has 1 unspecified atom stereocenters. The minimum atomic E-state index is -0.990. The maximum absolute atomic E-state index is 12.2. The van der Waals surface area contributed by atoms with Gasteiger partial charge in [0.05, 0.1) is 15.5 Å². The molecule has 2 N–H and O–H groups in total. The highest BCUT2D eigenvalue weighted by atomic mass is 32.1. The average Bonchev–Trinajstić information content (AvgIpc) is 3.02. The van der Waals surface area contributed by atoms with Crippen LogP contribution in [0, 0.1) is 17.0 Å². The molecule has 29 heavy (non-hydrogen) atoms. The van der Waals surface area contributed by atoms with Crippen LogP contribution >= 0.6 is 11.3 Å². The number of aryl methyl sites for hydroxylation is 1. The van der Waals surface area contributed by atoms with E-state index in [9.17, 15) is 20.0 Å². The van der Waals surface area contributed by atoms with Gasteiger partial charge in [-0.25, -0.2) is 4.79 Å². The van der Waals surface area contributed by atoms with Crippen LogP contribution in [0.5, 0.6) is 0 Å². The molecule has 0 saturated heterocycles. The van der Waals surface area contributed by atoms with Crippen LogP contribution in [0.15, 0.2) is 35.5 Å². The molecular weight excluding hydrogens is 388 g/mol. The molecule has 152 valence electrons. The van der Waals surface area contributed by atoms with Gasteiger partial charge in [-0.15, -0.1) is 11.3 Å². The van der Waals surface area contributed by atoms with Crippen LogP contribution in [0.2, 0.25) is 0 Å². The summed E-state index contributed by atoms with van der Waals surface area (Å²) in [6.07, 6.45) is 5.83. The van der Waals surface area contributed by atoms with Crippen LogP contribution in [-0.2, 0) is 4.79 Å². The van der Waals surface area contributed by atoms with Gasteiger partial charge < -0.3 is 10.4 Å². The zero-order valence-corrected chi connectivity index (χ0v) is 17.3. The van der Waals surface area contributed by atoms with E-state index in [0.29, 0.717) is 17.2 Å². The van der Waals surface area contributed by atoms with Crippen molar-refractivity contribution in [1.29, 1.82) is 0 Å². The molecule has 1 fully saturated rings. The number of carboxylic acids is 1. The summed E-state index contributed by atoms with van der Waals surface area (Å²) >= 11 is 1.66. The zero-order chi connectivity index (χ0) is 20.7. The van der Waals surface area contributed by atoms with E-state index < -0.39 is 16.8 Å². The summed E-state index contributed by atoms with van der Waals surface area (Å²) in [4.78, 5) is 24.4. The maximum Gasteiger partial charge on any atom is 0.334 e. The zero-order valence-electron chi connectivity index (χ0n) is 16.5. The number of nitrogens with one attached hydrogen (secondary N) is 1. The van der Waals surface area contributed by atoms with Crippen molar-refractivity contribution in [3.8, 4) is 0 Å². The number of rotatable bonds is 4. The monoisotopic (exact) mass is 412 g/mol. The van der Waals surface area contributed by atoms with E-state index >= 15 is 0 Å². The summed E-state index contributed by atoms with van der Waals surface area (Å²) in [6, 6.07) is 6.42. The van der Waals surface area contributed by atoms with Gasteiger partial charge in [-0.05, 0) is 43.7 Å². The Morgan fingerprint density at radius 3 is 2.59 bits per heavy atom. The number of non-ortho nitro benzene ring substituents is 1. The predicted octanol–water partition coefficient (Wildman–Crippen LogP) is 5.93. The van der Waals surface area contributed by atoms with Crippen LogP contribution in [-0.4, -0.2) is 16.0 Å². The van der Waals surface area contributed by atoms with Crippen molar-refractivity contribution in [2.24, 2.45) is 0 Å². The lowest BCUT2D eigenvalue weighted by molar-refractivity contribution is -0.384. The molecule has 0 amide bonds. The summed E-state index contributed by atoms with van der Waals surface area (Å²) in [7, 11) is 0. The van der Waals surface area contributed by atoms with E-state index in [1.807, 2.05) is 0 Å². The minimum Gasteiger partial charge on any atom is -0.478 e. The Morgan fingerprint density at radius 1 is 1.21 bits per heavy atom. The third-order valence-corrected chi connectivity index (χ3v) is 7.16. The maximum atomic E-state index is 12.2. The standard InChI is InChI=1S/C22H24N2O4S/c1-12-17(22(25)26)19(15-9-6-10-16(11-15)24(27)28)20-18(13(2)29-21(20)23-12)14-7-4-3-5-8-14/h6,9-11,14,19,23H,3-5,7-8H2,1-2H3,(H,25,26). The Hall–Kier alpha value is -2.67. The highest BCUT2D eigenvalue weighted by molar-refractivity contribution is 7.16. The summed E-state index contributed by atoms with van der Waals surface area (Å²) in [5.74, 6) is -1.08. The van der Waals surface area contributed by atoms with Crippen LogP contribution in [0.1, 0.15) is 72.4 Å². The van der Waals surface area contributed by atoms with Crippen LogP contribution in [0.25, 0.3) is 0 Å². The largest absolute Gasteiger partial charge is 0.478 e. The molecule has 1 atom stereocenters. The number of benzene rings is 1. The first-order chi connectivity index (χ1) is 13.9. The number of hydrogen-bond acceptors (Lipinski definition) is 5. The third-order valence-electron chi connectivity index (χ3n) is 6.11. The van der Waals surface area contributed by atoms with Gasteiger partial charge in [-0.2, -0.15) is 0 Å². The third kappa shape index (κ3) is 3.44. The fraction of sp³-hybridized carbons (Fsp3) is 0.409. The highest BCUT2D eigenvalue weighted by Crippen LogP contribution is 2.52. The average molecular weight is 413 g/mol. The molecule has 0 bridgehead atoms. The number of allylic oxidation sites excluding steroid dienone is 1. The molecule has 0 spiro atoms. The van der Waals surface area contributed by atoms with Gasteiger partial charge in [0.25, 0.3) is 5.69 Å². The van der Waals surface area contributed by atoms with Crippen molar-refractivity contribution in [1.82, 2.24) is 0 Å². The van der Waals surface area contributed by atoms with Gasteiger partial charge >= 0.3 is 5.97 Å². The lowest BCUT2D eigenvalue weighted by atomic mass is 9.75. The summed E-state index contributed by atoms with van der Waals surface area (Å²) < 4.78 is 0. The number of anilines is 1. The Bertz CT molecular complexity index is 1020. The Kier molecular flexibility index (Phi) is 5.17. The number of nitrogens with zero attached hydrogens (tertiary/aromatic N) is 1. The van der Waals surface area contributed by atoms with Crippen molar-refractivity contribution in [3.05, 3.63) is 67.2 Å². The van der Waals surface area contributed by atoms with E-state index in [2.05, 4.69) is 12.2 Å². The molecule has 7 heteroatoms. The molecule has 2 heterocycles.